The minimum atomic E-state index is -0.675. The number of benzene rings is 2. The normalized spacial score (nSPS) is 14.4. The summed E-state index contributed by atoms with van der Waals surface area (Å²) in [7, 11) is 2.91. The van der Waals surface area contributed by atoms with Gasteiger partial charge in [0.15, 0.2) is 6.61 Å². The molecule has 1 N–H and O–H groups in total. The summed E-state index contributed by atoms with van der Waals surface area (Å²) >= 11 is 0. The maximum absolute atomic E-state index is 13.4. The first-order chi connectivity index (χ1) is 17.9. The Morgan fingerprint density at radius 2 is 1.73 bits per heavy atom. The lowest BCUT2D eigenvalue weighted by Crippen LogP contribution is -2.52. The van der Waals surface area contributed by atoms with E-state index >= 15 is 0 Å². The maximum atomic E-state index is 13.4. The van der Waals surface area contributed by atoms with Gasteiger partial charge >= 0.3 is 5.69 Å². The summed E-state index contributed by atoms with van der Waals surface area (Å²) in [6.07, 6.45) is 5.67. The van der Waals surface area contributed by atoms with Crippen molar-refractivity contribution in [3.63, 3.8) is 0 Å². The predicted molar refractivity (Wildman–Crippen MR) is 138 cm³/mol. The Hall–Kier alpha value is -3.82. The zero-order valence-corrected chi connectivity index (χ0v) is 21.6. The number of hydrogen-bond donors (Lipinski definition) is 1. The Balaban J connectivity index is 1.78. The standard InChI is InChI=1S/C27H35N3O7/c1-4-23(27(32)28-20-8-6-5-7-9-20)29(17-19-10-12-21(35-2)13-11-19)26(31)18-37-22-14-15-24(30(33)34)25(16-22)36-3/h10-16,20,23H,4-9,17-18H2,1-3H3,(H,28,32)/t23-/m0/s1. The number of nitrogens with one attached hydrogen (secondary N) is 1. The van der Waals surface area contributed by atoms with E-state index in [1.54, 1.807) is 19.2 Å². The molecule has 3 rings (SSSR count). The third-order valence-electron chi connectivity index (χ3n) is 6.56. The van der Waals surface area contributed by atoms with E-state index < -0.39 is 11.0 Å². The summed E-state index contributed by atoms with van der Waals surface area (Å²) in [6, 6.07) is 10.8. The quantitative estimate of drug-likeness (QED) is 0.333. The van der Waals surface area contributed by atoms with Gasteiger partial charge in [0.1, 0.15) is 17.5 Å². The minimum Gasteiger partial charge on any atom is -0.497 e. The highest BCUT2D eigenvalue weighted by Gasteiger charge is 2.30. The van der Waals surface area contributed by atoms with E-state index in [1.165, 1.54) is 36.6 Å². The van der Waals surface area contributed by atoms with Gasteiger partial charge < -0.3 is 24.4 Å². The highest BCUT2D eigenvalue weighted by molar-refractivity contribution is 5.88. The zero-order chi connectivity index (χ0) is 26.8. The number of rotatable bonds is 12. The summed E-state index contributed by atoms with van der Waals surface area (Å²) in [5.41, 5.74) is 0.641. The van der Waals surface area contributed by atoms with Crippen LogP contribution in [0.1, 0.15) is 51.0 Å². The lowest BCUT2D eigenvalue weighted by molar-refractivity contribution is -0.385. The van der Waals surface area contributed by atoms with Crippen LogP contribution in [0.15, 0.2) is 42.5 Å². The number of nitro benzene ring substituents is 1. The molecule has 0 aromatic heterocycles. The van der Waals surface area contributed by atoms with Crippen molar-refractivity contribution in [2.45, 2.75) is 64.1 Å². The van der Waals surface area contributed by atoms with Crippen molar-refractivity contribution in [1.29, 1.82) is 0 Å². The van der Waals surface area contributed by atoms with Crippen LogP contribution in [0.5, 0.6) is 17.2 Å². The summed E-state index contributed by atoms with van der Waals surface area (Å²) in [6.45, 7) is 1.75. The van der Waals surface area contributed by atoms with Crippen molar-refractivity contribution in [1.82, 2.24) is 10.2 Å². The monoisotopic (exact) mass is 513 g/mol. The molecule has 2 aromatic rings. The van der Waals surface area contributed by atoms with E-state index in [9.17, 15) is 19.7 Å². The number of carbonyl (C=O) groups excluding carboxylic acids is 2. The van der Waals surface area contributed by atoms with Crippen LogP contribution in [0.25, 0.3) is 0 Å². The van der Waals surface area contributed by atoms with Gasteiger partial charge in [0, 0.05) is 24.7 Å². The van der Waals surface area contributed by atoms with Crippen LogP contribution in [-0.4, -0.2) is 54.5 Å². The number of hydrogen-bond acceptors (Lipinski definition) is 7. The molecule has 1 aliphatic rings. The van der Waals surface area contributed by atoms with Crippen LogP contribution >= 0.6 is 0 Å². The molecule has 37 heavy (non-hydrogen) atoms. The molecule has 0 saturated heterocycles. The van der Waals surface area contributed by atoms with Gasteiger partial charge in [0.2, 0.25) is 11.7 Å². The van der Waals surface area contributed by atoms with Crippen LogP contribution < -0.4 is 19.5 Å². The van der Waals surface area contributed by atoms with Crippen LogP contribution in [0, 0.1) is 10.1 Å². The average molecular weight is 514 g/mol. The van der Waals surface area contributed by atoms with Gasteiger partial charge in [-0.05, 0) is 43.0 Å². The van der Waals surface area contributed by atoms with Crippen LogP contribution in [-0.2, 0) is 16.1 Å². The minimum absolute atomic E-state index is 0.0309. The first-order valence-electron chi connectivity index (χ1n) is 12.5. The molecule has 0 heterocycles. The van der Waals surface area contributed by atoms with Crippen LogP contribution in [0.4, 0.5) is 5.69 Å². The largest absolute Gasteiger partial charge is 0.497 e. The zero-order valence-electron chi connectivity index (χ0n) is 21.6. The molecule has 1 aliphatic carbocycles. The summed E-state index contributed by atoms with van der Waals surface area (Å²) < 4.78 is 16.0. The van der Waals surface area contributed by atoms with Gasteiger partial charge in [0.25, 0.3) is 5.91 Å². The van der Waals surface area contributed by atoms with Crippen LogP contribution in [0.3, 0.4) is 0 Å². The fraction of sp³-hybridized carbons (Fsp3) is 0.481. The first-order valence-corrected chi connectivity index (χ1v) is 12.5. The van der Waals surface area contributed by atoms with E-state index in [0.29, 0.717) is 12.2 Å². The third kappa shape index (κ3) is 7.58. The number of methoxy groups -OCH3 is 2. The molecule has 0 bridgehead atoms. The number of nitro groups is 1. The number of nitrogens with zero attached hydrogens (tertiary/aromatic N) is 2. The van der Waals surface area contributed by atoms with Crippen molar-refractivity contribution in [3.8, 4) is 17.2 Å². The second-order valence-corrected chi connectivity index (χ2v) is 9.02. The Kier molecular flexibility index (Phi) is 10.1. The van der Waals surface area contributed by atoms with E-state index in [1.807, 2.05) is 19.1 Å². The molecule has 200 valence electrons. The molecular weight excluding hydrogens is 478 g/mol. The van der Waals surface area contributed by atoms with Gasteiger partial charge in [-0.3, -0.25) is 19.7 Å². The fourth-order valence-electron chi connectivity index (χ4n) is 4.52. The molecule has 10 nitrogen and oxygen atoms in total. The van der Waals surface area contributed by atoms with E-state index in [2.05, 4.69) is 5.32 Å². The molecule has 0 spiro atoms. The number of carbonyl (C=O) groups is 2. The van der Waals surface area contributed by atoms with E-state index in [0.717, 1.165) is 31.2 Å². The lowest BCUT2D eigenvalue weighted by Gasteiger charge is -2.32. The summed E-state index contributed by atoms with van der Waals surface area (Å²) in [5, 5.41) is 14.3. The van der Waals surface area contributed by atoms with Crippen LogP contribution in [0.2, 0.25) is 0 Å². The topological polar surface area (TPSA) is 120 Å². The molecule has 2 amide bonds. The molecule has 0 aliphatic heterocycles. The Bertz CT molecular complexity index is 1070. The van der Waals surface area contributed by atoms with Crippen molar-refractivity contribution in [2.75, 3.05) is 20.8 Å². The molecule has 1 fully saturated rings. The summed E-state index contributed by atoms with van der Waals surface area (Å²) in [5.74, 6) is 0.425. The molecule has 0 unspecified atom stereocenters. The van der Waals surface area contributed by atoms with Gasteiger partial charge in [-0.15, -0.1) is 0 Å². The first kappa shape index (κ1) is 27.8. The van der Waals surface area contributed by atoms with Gasteiger partial charge in [-0.25, -0.2) is 0 Å². The van der Waals surface area contributed by atoms with Gasteiger partial charge in [-0.1, -0.05) is 38.3 Å². The third-order valence-corrected chi connectivity index (χ3v) is 6.56. The van der Waals surface area contributed by atoms with Crippen molar-refractivity contribution in [3.05, 3.63) is 58.1 Å². The Morgan fingerprint density at radius 3 is 2.32 bits per heavy atom. The maximum Gasteiger partial charge on any atom is 0.311 e. The van der Waals surface area contributed by atoms with Gasteiger partial charge in [0.05, 0.1) is 19.1 Å². The SMILES string of the molecule is CC[C@@H](C(=O)NC1CCCCC1)N(Cc1ccc(OC)cc1)C(=O)COc1ccc([N+](=O)[O-])c(OC)c1. The number of ether oxygens (including phenoxy) is 3. The molecule has 10 heteroatoms. The Morgan fingerprint density at radius 1 is 1.05 bits per heavy atom. The second-order valence-electron chi connectivity index (χ2n) is 9.02. The summed E-state index contributed by atoms with van der Waals surface area (Å²) in [4.78, 5) is 38.8. The van der Waals surface area contributed by atoms with E-state index in [4.69, 9.17) is 14.2 Å². The van der Waals surface area contributed by atoms with E-state index in [-0.39, 0.29) is 48.2 Å². The fourth-order valence-corrected chi connectivity index (χ4v) is 4.52. The van der Waals surface area contributed by atoms with Crippen molar-refractivity contribution < 1.29 is 28.7 Å². The lowest BCUT2D eigenvalue weighted by atomic mass is 9.95. The second kappa shape index (κ2) is 13.5. The molecular formula is C27H35N3O7. The molecule has 1 saturated carbocycles. The average Bonchev–Trinajstić information content (AvgIpc) is 2.92. The molecule has 0 radical (unpaired) electrons. The van der Waals surface area contributed by atoms with Crippen molar-refractivity contribution >= 4 is 17.5 Å². The molecule has 1 atom stereocenters. The highest BCUT2D eigenvalue weighted by atomic mass is 16.6. The van der Waals surface area contributed by atoms with Gasteiger partial charge in [-0.2, -0.15) is 0 Å². The highest BCUT2D eigenvalue weighted by Crippen LogP contribution is 2.31. The molecule has 2 aromatic carbocycles. The van der Waals surface area contributed by atoms with Crippen molar-refractivity contribution in [2.24, 2.45) is 0 Å². The Labute approximate surface area is 217 Å². The number of amides is 2. The smallest absolute Gasteiger partial charge is 0.311 e. The predicted octanol–water partition coefficient (Wildman–Crippen LogP) is 4.25.